The largest absolute Gasteiger partial charge is 0.240 e. The maximum Gasteiger partial charge on any atom is 0.240 e. The summed E-state index contributed by atoms with van der Waals surface area (Å²) in [6, 6.07) is 6.97. The number of alkyl halides is 1. The second kappa shape index (κ2) is 5.11. The molecule has 3 nitrogen and oxygen atoms in total. The van der Waals surface area contributed by atoms with Gasteiger partial charge in [-0.15, -0.1) is 0 Å². The van der Waals surface area contributed by atoms with E-state index in [1.807, 2.05) is 12.1 Å². The third-order valence-corrected chi connectivity index (χ3v) is 7.27. The van der Waals surface area contributed by atoms with Gasteiger partial charge >= 0.3 is 0 Å². The van der Waals surface area contributed by atoms with Crippen LogP contribution in [0.5, 0.6) is 0 Å². The van der Waals surface area contributed by atoms with Crippen molar-refractivity contribution < 1.29 is 8.42 Å². The molecule has 0 heterocycles. The highest BCUT2D eigenvalue weighted by Gasteiger charge is 2.64. The van der Waals surface area contributed by atoms with Crippen molar-refractivity contribution in [2.75, 3.05) is 6.54 Å². The van der Waals surface area contributed by atoms with Crippen LogP contribution in [-0.4, -0.2) is 15.0 Å². The molecule has 0 bridgehead atoms. The molecule has 1 aliphatic rings. The lowest BCUT2D eigenvalue weighted by Gasteiger charge is -2.08. The molecule has 112 valence electrons. The van der Waals surface area contributed by atoms with Crippen molar-refractivity contribution in [1.29, 1.82) is 0 Å². The second-order valence-corrected chi connectivity index (χ2v) is 8.95. The average molecular weight is 360 g/mol. The van der Waals surface area contributed by atoms with E-state index in [4.69, 9.17) is 0 Å². The molecule has 0 saturated heterocycles. The van der Waals surface area contributed by atoms with Gasteiger partial charge < -0.3 is 0 Å². The summed E-state index contributed by atoms with van der Waals surface area (Å²) < 4.78 is 27.3. The average Bonchev–Trinajstić information content (AvgIpc) is 2.77. The summed E-state index contributed by atoms with van der Waals surface area (Å²) in [5, 5.41) is 0.727. The topological polar surface area (TPSA) is 46.2 Å². The fraction of sp³-hybridized carbons (Fsp3) is 0.600. The molecular formula is C15H22BrNO2S. The van der Waals surface area contributed by atoms with Gasteiger partial charge in [0.15, 0.2) is 0 Å². The molecule has 1 aromatic rings. The smallest absolute Gasteiger partial charge is 0.211 e. The summed E-state index contributed by atoms with van der Waals surface area (Å²) in [4.78, 5) is 0.332. The Morgan fingerprint density at radius 1 is 1.10 bits per heavy atom. The van der Waals surface area contributed by atoms with E-state index in [0.29, 0.717) is 17.4 Å². The van der Waals surface area contributed by atoms with Gasteiger partial charge in [0, 0.05) is 11.9 Å². The number of nitrogens with one attached hydrogen (secondary N) is 1. The standard InChI is InChI=1S/C15H22BrNO2S/c1-14(2)13(15(14,3)4)10-17-20(18,19)12-7-5-11(9-16)6-8-12/h5-8,13,17H,9-10H2,1-4H3. The Hall–Kier alpha value is -0.390. The summed E-state index contributed by atoms with van der Waals surface area (Å²) in [5.74, 6) is 0.381. The Kier molecular flexibility index (Phi) is 4.08. The van der Waals surface area contributed by atoms with E-state index >= 15 is 0 Å². The molecule has 0 aromatic heterocycles. The molecule has 1 N–H and O–H groups in total. The number of halogens is 1. The molecule has 5 heteroatoms. The Labute approximate surface area is 130 Å². The molecule has 2 rings (SSSR count). The van der Waals surface area contributed by atoms with Crippen molar-refractivity contribution in [3.05, 3.63) is 29.8 Å². The maximum absolute atomic E-state index is 12.3. The van der Waals surface area contributed by atoms with Crippen molar-refractivity contribution >= 4 is 26.0 Å². The molecular weight excluding hydrogens is 338 g/mol. The zero-order chi connectivity index (χ0) is 15.2. The van der Waals surface area contributed by atoms with Crippen molar-refractivity contribution in [1.82, 2.24) is 4.72 Å². The summed E-state index contributed by atoms with van der Waals surface area (Å²) in [6.45, 7) is 9.27. The SMILES string of the molecule is CC1(C)C(CNS(=O)(=O)c2ccc(CBr)cc2)C1(C)C. The molecule has 1 aliphatic carbocycles. The third-order valence-electron chi connectivity index (χ3n) is 5.19. The monoisotopic (exact) mass is 359 g/mol. The van der Waals surface area contributed by atoms with Crippen molar-refractivity contribution in [2.24, 2.45) is 16.7 Å². The summed E-state index contributed by atoms with van der Waals surface area (Å²) in [7, 11) is -3.41. The highest BCUT2D eigenvalue weighted by atomic mass is 79.9. The van der Waals surface area contributed by atoms with E-state index in [-0.39, 0.29) is 10.8 Å². The van der Waals surface area contributed by atoms with E-state index in [0.717, 1.165) is 10.9 Å². The summed E-state index contributed by atoms with van der Waals surface area (Å²) in [6.07, 6.45) is 0. The highest BCUT2D eigenvalue weighted by molar-refractivity contribution is 9.08. The summed E-state index contributed by atoms with van der Waals surface area (Å²) in [5.41, 5.74) is 1.44. The normalized spacial score (nSPS) is 20.9. The molecule has 1 saturated carbocycles. The quantitative estimate of drug-likeness (QED) is 0.817. The minimum Gasteiger partial charge on any atom is -0.211 e. The van der Waals surface area contributed by atoms with Crippen molar-refractivity contribution in [3.8, 4) is 0 Å². The number of benzene rings is 1. The van der Waals surface area contributed by atoms with Gasteiger partial charge in [-0.2, -0.15) is 0 Å². The Balaban J connectivity index is 2.05. The van der Waals surface area contributed by atoms with Crippen LogP contribution in [0.15, 0.2) is 29.2 Å². The zero-order valence-corrected chi connectivity index (χ0v) is 14.8. The lowest BCUT2D eigenvalue weighted by Crippen LogP contribution is -2.27. The van der Waals surface area contributed by atoms with E-state index < -0.39 is 10.0 Å². The van der Waals surface area contributed by atoms with Gasteiger partial charge in [0.25, 0.3) is 0 Å². The van der Waals surface area contributed by atoms with Crippen LogP contribution in [0.25, 0.3) is 0 Å². The molecule has 0 atom stereocenters. The zero-order valence-electron chi connectivity index (χ0n) is 12.4. The first-order valence-corrected chi connectivity index (χ1v) is 9.38. The Morgan fingerprint density at radius 3 is 2.00 bits per heavy atom. The van der Waals surface area contributed by atoms with E-state index in [9.17, 15) is 8.42 Å². The first-order valence-electron chi connectivity index (χ1n) is 6.77. The lowest BCUT2D eigenvalue weighted by molar-refractivity contribution is 0.457. The predicted molar refractivity (Wildman–Crippen MR) is 85.3 cm³/mol. The van der Waals surface area contributed by atoms with Crippen LogP contribution in [0.3, 0.4) is 0 Å². The van der Waals surface area contributed by atoms with E-state index in [2.05, 4.69) is 48.3 Å². The first kappa shape index (κ1) is 16.0. The maximum atomic E-state index is 12.3. The summed E-state index contributed by atoms with van der Waals surface area (Å²) >= 11 is 3.35. The van der Waals surface area contributed by atoms with Crippen LogP contribution in [0.4, 0.5) is 0 Å². The predicted octanol–water partition coefficient (Wildman–Crippen LogP) is 3.54. The van der Waals surface area contributed by atoms with Gasteiger partial charge in [-0.3, -0.25) is 0 Å². The fourth-order valence-corrected chi connectivity index (χ4v) is 4.30. The molecule has 1 aromatic carbocycles. The van der Waals surface area contributed by atoms with Gasteiger partial charge in [0.2, 0.25) is 10.0 Å². The number of sulfonamides is 1. The molecule has 1 fully saturated rings. The first-order chi connectivity index (χ1) is 9.13. The highest BCUT2D eigenvalue weighted by Crippen LogP contribution is 2.67. The molecule has 0 aliphatic heterocycles. The van der Waals surface area contributed by atoms with Gasteiger partial charge in [-0.05, 0) is 34.4 Å². The van der Waals surface area contributed by atoms with Gasteiger partial charge in [-0.1, -0.05) is 55.8 Å². The van der Waals surface area contributed by atoms with Gasteiger partial charge in [-0.25, -0.2) is 13.1 Å². The third kappa shape index (κ3) is 2.68. The molecule has 0 spiro atoms. The Morgan fingerprint density at radius 2 is 1.60 bits per heavy atom. The van der Waals surface area contributed by atoms with Gasteiger partial charge in [0.05, 0.1) is 4.90 Å². The molecule has 20 heavy (non-hydrogen) atoms. The van der Waals surface area contributed by atoms with Crippen LogP contribution in [-0.2, 0) is 15.4 Å². The van der Waals surface area contributed by atoms with Crippen LogP contribution in [0.1, 0.15) is 33.3 Å². The molecule has 0 radical (unpaired) electrons. The lowest BCUT2D eigenvalue weighted by atomic mass is 10.0. The number of hydrogen-bond donors (Lipinski definition) is 1. The van der Waals surface area contributed by atoms with Crippen LogP contribution in [0, 0.1) is 16.7 Å². The van der Waals surface area contributed by atoms with Crippen LogP contribution in [0.2, 0.25) is 0 Å². The molecule has 0 unspecified atom stereocenters. The fourth-order valence-electron chi connectivity index (χ4n) is 2.88. The van der Waals surface area contributed by atoms with Crippen molar-refractivity contribution in [3.63, 3.8) is 0 Å². The van der Waals surface area contributed by atoms with Crippen LogP contribution < -0.4 is 4.72 Å². The minimum atomic E-state index is -3.41. The van der Waals surface area contributed by atoms with Crippen molar-refractivity contribution in [2.45, 2.75) is 37.9 Å². The number of rotatable bonds is 5. The second-order valence-electron chi connectivity index (χ2n) is 6.63. The molecule has 0 amide bonds. The Bertz CT molecular complexity index is 577. The minimum absolute atomic E-state index is 0.190. The van der Waals surface area contributed by atoms with E-state index in [1.165, 1.54) is 0 Å². The number of hydrogen-bond acceptors (Lipinski definition) is 2. The van der Waals surface area contributed by atoms with Gasteiger partial charge in [0.1, 0.15) is 0 Å². The van der Waals surface area contributed by atoms with Crippen LogP contribution >= 0.6 is 15.9 Å². The van der Waals surface area contributed by atoms with E-state index in [1.54, 1.807) is 12.1 Å².